The summed E-state index contributed by atoms with van der Waals surface area (Å²) in [5.74, 6) is -0.113. The summed E-state index contributed by atoms with van der Waals surface area (Å²) < 4.78 is 0.974. The van der Waals surface area contributed by atoms with Crippen LogP contribution in [0.1, 0.15) is 12.0 Å². The quantitative estimate of drug-likeness (QED) is 0.732. The molecule has 0 bridgehead atoms. The molecule has 0 aromatic heterocycles. The first kappa shape index (κ1) is 19.0. The maximum Gasteiger partial charge on any atom is 0.228 e. The maximum absolute atomic E-state index is 13.0. The van der Waals surface area contributed by atoms with E-state index in [0.29, 0.717) is 26.1 Å². The molecule has 4 rings (SSSR count). The molecule has 2 aliphatic heterocycles. The Hall–Kier alpha value is -2.34. The molecule has 2 aromatic rings. The number of rotatable bonds is 3. The van der Waals surface area contributed by atoms with Gasteiger partial charge in [-0.05, 0) is 48.9 Å². The summed E-state index contributed by atoms with van der Waals surface area (Å²) in [6.07, 6.45) is 0.299. The summed E-state index contributed by atoms with van der Waals surface area (Å²) in [5.41, 5.74) is 3.31. The van der Waals surface area contributed by atoms with Crippen molar-refractivity contribution in [1.29, 1.82) is 0 Å². The molecule has 2 amide bonds. The zero-order valence-corrected chi connectivity index (χ0v) is 17.6. The van der Waals surface area contributed by atoms with Crippen LogP contribution < -0.4 is 9.80 Å². The van der Waals surface area contributed by atoms with Gasteiger partial charge in [0, 0.05) is 55.0 Å². The number of aryl methyl sites for hydroxylation is 1. The predicted octanol–water partition coefficient (Wildman–Crippen LogP) is 3.46. The van der Waals surface area contributed by atoms with Crippen LogP contribution in [-0.2, 0) is 9.59 Å². The summed E-state index contributed by atoms with van der Waals surface area (Å²) in [6.45, 7) is 5.62. The van der Waals surface area contributed by atoms with Crippen LogP contribution in [0.2, 0.25) is 0 Å². The molecule has 0 N–H and O–H groups in total. The monoisotopic (exact) mass is 441 g/mol. The lowest BCUT2D eigenvalue weighted by Crippen LogP contribution is -2.50. The highest BCUT2D eigenvalue weighted by molar-refractivity contribution is 9.10. The molecular formula is C22H24BrN3O2. The third-order valence-corrected chi connectivity index (χ3v) is 6.10. The Labute approximate surface area is 174 Å². The molecule has 0 radical (unpaired) electrons. The second kappa shape index (κ2) is 7.95. The molecule has 2 saturated heterocycles. The second-order valence-electron chi connectivity index (χ2n) is 7.53. The maximum atomic E-state index is 13.0. The van der Waals surface area contributed by atoms with E-state index < -0.39 is 0 Å². The fraction of sp³-hybridized carbons (Fsp3) is 0.364. The molecule has 2 heterocycles. The Balaban J connectivity index is 1.36. The van der Waals surface area contributed by atoms with Crippen molar-refractivity contribution in [2.45, 2.75) is 13.3 Å². The van der Waals surface area contributed by atoms with Crippen LogP contribution in [0.25, 0.3) is 0 Å². The van der Waals surface area contributed by atoms with Crippen LogP contribution in [-0.4, -0.2) is 49.4 Å². The number of anilines is 2. The highest BCUT2D eigenvalue weighted by Crippen LogP contribution is 2.28. The van der Waals surface area contributed by atoms with Crippen molar-refractivity contribution in [2.75, 3.05) is 42.5 Å². The summed E-state index contributed by atoms with van der Waals surface area (Å²) >= 11 is 3.41. The zero-order chi connectivity index (χ0) is 19.7. The molecule has 146 valence electrons. The van der Waals surface area contributed by atoms with Crippen molar-refractivity contribution in [1.82, 2.24) is 4.90 Å². The SMILES string of the molecule is Cc1cccc(N2CCN(C(=O)C3CC(=O)N(c4ccc(Br)cc4)C3)CC2)c1. The van der Waals surface area contributed by atoms with Gasteiger partial charge < -0.3 is 14.7 Å². The van der Waals surface area contributed by atoms with Gasteiger partial charge in [0.1, 0.15) is 0 Å². The predicted molar refractivity (Wildman–Crippen MR) is 115 cm³/mol. The minimum Gasteiger partial charge on any atom is -0.368 e. The summed E-state index contributed by atoms with van der Waals surface area (Å²) in [4.78, 5) is 31.4. The van der Waals surface area contributed by atoms with Gasteiger partial charge in [0.15, 0.2) is 0 Å². The van der Waals surface area contributed by atoms with E-state index in [2.05, 4.69) is 52.0 Å². The number of carbonyl (C=O) groups is 2. The highest BCUT2D eigenvalue weighted by Gasteiger charge is 2.37. The molecule has 1 atom stereocenters. The second-order valence-corrected chi connectivity index (χ2v) is 8.45. The molecule has 2 aromatic carbocycles. The van der Waals surface area contributed by atoms with Gasteiger partial charge in [0.05, 0.1) is 5.92 Å². The van der Waals surface area contributed by atoms with Crippen LogP contribution in [0, 0.1) is 12.8 Å². The summed E-state index contributed by atoms with van der Waals surface area (Å²) in [7, 11) is 0. The molecule has 0 saturated carbocycles. The first-order valence-corrected chi connectivity index (χ1v) is 10.5. The van der Waals surface area contributed by atoms with E-state index in [4.69, 9.17) is 0 Å². The van der Waals surface area contributed by atoms with Crippen LogP contribution >= 0.6 is 15.9 Å². The largest absolute Gasteiger partial charge is 0.368 e. The average Bonchev–Trinajstić information content (AvgIpc) is 3.10. The van der Waals surface area contributed by atoms with Crippen LogP contribution in [0.4, 0.5) is 11.4 Å². The number of nitrogens with zero attached hydrogens (tertiary/aromatic N) is 3. The number of halogens is 1. The van der Waals surface area contributed by atoms with Gasteiger partial charge in [-0.15, -0.1) is 0 Å². The first-order chi connectivity index (χ1) is 13.5. The molecular weight excluding hydrogens is 418 g/mol. The minimum atomic E-state index is -0.248. The lowest BCUT2D eigenvalue weighted by atomic mass is 10.1. The standard InChI is InChI=1S/C22H24BrN3O2/c1-16-3-2-4-20(13-16)24-9-11-25(12-10-24)22(28)17-14-21(27)26(15-17)19-7-5-18(23)6-8-19/h2-8,13,17H,9-12,14-15H2,1H3. The van der Waals surface area contributed by atoms with Crippen LogP contribution in [0.5, 0.6) is 0 Å². The Morgan fingerprint density at radius 2 is 1.71 bits per heavy atom. The third kappa shape index (κ3) is 3.92. The summed E-state index contributed by atoms with van der Waals surface area (Å²) in [6, 6.07) is 16.1. The lowest BCUT2D eigenvalue weighted by molar-refractivity contribution is -0.136. The highest BCUT2D eigenvalue weighted by atomic mass is 79.9. The van der Waals surface area contributed by atoms with Gasteiger partial charge in [0.2, 0.25) is 11.8 Å². The lowest BCUT2D eigenvalue weighted by Gasteiger charge is -2.37. The number of hydrogen-bond donors (Lipinski definition) is 0. The molecule has 2 aliphatic rings. The van der Waals surface area contributed by atoms with Crippen LogP contribution in [0.15, 0.2) is 53.0 Å². The molecule has 28 heavy (non-hydrogen) atoms. The fourth-order valence-corrected chi connectivity index (χ4v) is 4.28. The van der Waals surface area contributed by atoms with Gasteiger partial charge in [0.25, 0.3) is 0 Å². The van der Waals surface area contributed by atoms with E-state index in [0.717, 1.165) is 23.2 Å². The smallest absolute Gasteiger partial charge is 0.228 e. The van der Waals surface area contributed by atoms with Crippen molar-refractivity contribution < 1.29 is 9.59 Å². The third-order valence-electron chi connectivity index (χ3n) is 5.57. The Kier molecular flexibility index (Phi) is 5.40. The molecule has 2 fully saturated rings. The molecule has 0 aliphatic carbocycles. The van der Waals surface area contributed by atoms with E-state index in [1.54, 1.807) is 4.90 Å². The van der Waals surface area contributed by atoms with E-state index in [9.17, 15) is 9.59 Å². The van der Waals surface area contributed by atoms with Gasteiger partial charge in [-0.1, -0.05) is 28.1 Å². The molecule has 5 nitrogen and oxygen atoms in total. The van der Waals surface area contributed by atoms with E-state index in [1.807, 2.05) is 29.2 Å². The normalized spacial score (nSPS) is 20.0. The van der Waals surface area contributed by atoms with Gasteiger partial charge in [-0.25, -0.2) is 0 Å². The Bertz CT molecular complexity index is 876. The fourth-order valence-electron chi connectivity index (χ4n) is 4.01. The van der Waals surface area contributed by atoms with Crippen molar-refractivity contribution in [3.63, 3.8) is 0 Å². The average molecular weight is 442 g/mol. The van der Waals surface area contributed by atoms with Gasteiger partial charge in [-0.2, -0.15) is 0 Å². The van der Waals surface area contributed by atoms with E-state index in [-0.39, 0.29) is 17.7 Å². The topological polar surface area (TPSA) is 43.9 Å². The van der Waals surface area contributed by atoms with Crippen molar-refractivity contribution in [3.8, 4) is 0 Å². The van der Waals surface area contributed by atoms with Crippen molar-refractivity contribution in [2.24, 2.45) is 5.92 Å². The Morgan fingerprint density at radius 1 is 1.00 bits per heavy atom. The van der Waals surface area contributed by atoms with Crippen LogP contribution in [0.3, 0.4) is 0 Å². The number of benzene rings is 2. The molecule has 1 unspecified atom stereocenters. The first-order valence-electron chi connectivity index (χ1n) is 9.67. The van der Waals surface area contributed by atoms with Crippen molar-refractivity contribution >= 4 is 39.1 Å². The molecule has 0 spiro atoms. The number of hydrogen-bond acceptors (Lipinski definition) is 3. The Morgan fingerprint density at radius 3 is 2.39 bits per heavy atom. The summed E-state index contributed by atoms with van der Waals surface area (Å²) in [5, 5.41) is 0. The zero-order valence-electron chi connectivity index (χ0n) is 16.0. The molecule has 6 heteroatoms. The number of carbonyl (C=O) groups excluding carboxylic acids is 2. The van der Waals surface area contributed by atoms with E-state index >= 15 is 0 Å². The van der Waals surface area contributed by atoms with Gasteiger partial charge >= 0.3 is 0 Å². The number of piperazine rings is 1. The minimum absolute atomic E-state index is 0.0269. The van der Waals surface area contributed by atoms with Crippen molar-refractivity contribution in [3.05, 3.63) is 58.6 Å². The van der Waals surface area contributed by atoms with Gasteiger partial charge in [-0.3, -0.25) is 9.59 Å². The number of amides is 2. The van der Waals surface area contributed by atoms with E-state index in [1.165, 1.54) is 11.3 Å².